The number of methoxy groups -OCH3 is 1. The van der Waals surface area contributed by atoms with E-state index in [9.17, 15) is 0 Å². The maximum absolute atomic E-state index is 6.03. The molecule has 1 aliphatic heterocycles. The molecule has 1 aliphatic rings. The summed E-state index contributed by atoms with van der Waals surface area (Å²) in [7, 11) is 1.67. The Morgan fingerprint density at radius 2 is 2.16 bits per heavy atom. The first-order chi connectivity index (χ1) is 9.26. The molecule has 1 heterocycles. The van der Waals surface area contributed by atoms with Gasteiger partial charge in [-0.2, -0.15) is 0 Å². The molecule has 0 bridgehead atoms. The Labute approximate surface area is 120 Å². The highest BCUT2D eigenvalue weighted by Crippen LogP contribution is 2.36. The molecule has 0 aliphatic carbocycles. The lowest BCUT2D eigenvalue weighted by Crippen LogP contribution is -2.23. The minimum absolute atomic E-state index is 0.00350. The van der Waals surface area contributed by atoms with E-state index in [0.29, 0.717) is 0 Å². The Bertz CT molecular complexity index is 600. The molecule has 98 valence electrons. The van der Waals surface area contributed by atoms with Crippen molar-refractivity contribution in [2.75, 3.05) is 19.0 Å². The lowest BCUT2D eigenvalue weighted by atomic mass is 10.1. The van der Waals surface area contributed by atoms with E-state index in [0.717, 1.165) is 33.8 Å². The SMILES string of the molecule is COc1cccc(C2CNc3cc(Br)ccc3O2)c1. The van der Waals surface area contributed by atoms with Gasteiger partial charge in [0.25, 0.3) is 0 Å². The molecule has 0 fully saturated rings. The molecule has 1 atom stereocenters. The number of anilines is 1. The summed E-state index contributed by atoms with van der Waals surface area (Å²) in [4.78, 5) is 0. The Morgan fingerprint density at radius 3 is 3.00 bits per heavy atom. The highest BCUT2D eigenvalue weighted by atomic mass is 79.9. The third-order valence-corrected chi connectivity index (χ3v) is 3.65. The van der Waals surface area contributed by atoms with Crippen molar-refractivity contribution >= 4 is 21.6 Å². The molecule has 3 rings (SSSR count). The van der Waals surface area contributed by atoms with E-state index in [1.165, 1.54) is 0 Å². The van der Waals surface area contributed by atoms with Crippen LogP contribution in [0, 0.1) is 0 Å². The van der Waals surface area contributed by atoms with Crippen LogP contribution < -0.4 is 14.8 Å². The fourth-order valence-corrected chi connectivity index (χ4v) is 2.53. The summed E-state index contributed by atoms with van der Waals surface area (Å²) in [6.07, 6.45) is 0.00350. The number of rotatable bonds is 2. The largest absolute Gasteiger partial charge is 0.497 e. The van der Waals surface area contributed by atoms with Gasteiger partial charge in [-0.1, -0.05) is 28.1 Å². The van der Waals surface area contributed by atoms with E-state index in [4.69, 9.17) is 9.47 Å². The van der Waals surface area contributed by atoms with Crippen LogP contribution in [0.25, 0.3) is 0 Å². The molecule has 0 saturated carbocycles. The van der Waals surface area contributed by atoms with Crippen LogP contribution in [0.2, 0.25) is 0 Å². The molecular weight excluding hydrogens is 306 g/mol. The van der Waals surface area contributed by atoms with Gasteiger partial charge in [0.15, 0.2) is 0 Å². The molecule has 0 spiro atoms. The van der Waals surface area contributed by atoms with E-state index in [2.05, 4.69) is 27.3 Å². The molecule has 1 N–H and O–H groups in total. The van der Waals surface area contributed by atoms with Crippen molar-refractivity contribution < 1.29 is 9.47 Å². The molecule has 3 nitrogen and oxygen atoms in total. The van der Waals surface area contributed by atoms with Gasteiger partial charge in [0.2, 0.25) is 0 Å². The third kappa shape index (κ3) is 2.54. The lowest BCUT2D eigenvalue weighted by molar-refractivity contribution is 0.210. The quantitative estimate of drug-likeness (QED) is 0.907. The first-order valence-electron chi connectivity index (χ1n) is 6.10. The number of halogens is 1. The van der Waals surface area contributed by atoms with Gasteiger partial charge in [-0.25, -0.2) is 0 Å². The summed E-state index contributed by atoms with van der Waals surface area (Å²) in [6.45, 7) is 0.747. The number of hydrogen-bond donors (Lipinski definition) is 1. The smallest absolute Gasteiger partial charge is 0.143 e. The van der Waals surface area contributed by atoms with Crippen molar-refractivity contribution in [1.29, 1.82) is 0 Å². The molecule has 19 heavy (non-hydrogen) atoms. The zero-order valence-electron chi connectivity index (χ0n) is 10.5. The molecule has 2 aromatic rings. The van der Waals surface area contributed by atoms with E-state index in [-0.39, 0.29) is 6.10 Å². The van der Waals surface area contributed by atoms with Crippen molar-refractivity contribution in [2.24, 2.45) is 0 Å². The first kappa shape index (κ1) is 12.4. The van der Waals surface area contributed by atoms with Crippen LogP contribution in [0.3, 0.4) is 0 Å². The Balaban J connectivity index is 1.86. The van der Waals surface area contributed by atoms with Crippen LogP contribution in [0.4, 0.5) is 5.69 Å². The number of ether oxygens (including phenoxy) is 2. The summed E-state index contributed by atoms with van der Waals surface area (Å²) in [6, 6.07) is 14.0. The van der Waals surface area contributed by atoms with Crippen molar-refractivity contribution in [1.82, 2.24) is 0 Å². The zero-order valence-corrected chi connectivity index (χ0v) is 12.1. The highest BCUT2D eigenvalue weighted by Gasteiger charge is 2.21. The van der Waals surface area contributed by atoms with E-state index in [1.54, 1.807) is 7.11 Å². The molecule has 0 aromatic heterocycles. The van der Waals surface area contributed by atoms with Crippen LogP contribution in [0.1, 0.15) is 11.7 Å². The summed E-state index contributed by atoms with van der Waals surface area (Å²) in [5.74, 6) is 1.73. The van der Waals surface area contributed by atoms with Crippen LogP contribution in [-0.2, 0) is 0 Å². The molecule has 2 aromatic carbocycles. The number of fused-ring (bicyclic) bond motifs is 1. The van der Waals surface area contributed by atoms with Crippen molar-refractivity contribution in [3.63, 3.8) is 0 Å². The van der Waals surface area contributed by atoms with E-state index >= 15 is 0 Å². The van der Waals surface area contributed by atoms with Gasteiger partial charge >= 0.3 is 0 Å². The number of hydrogen-bond acceptors (Lipinski definition) is 3. The molecule has 1 unspecified atom stereocenters. The second kappa shape index (κ2) is 5.13. The van der Waals surface area contributed by atoms with Gasteiger partial charge < -0.3 is 14.8 Å². The van der Waals surface area contributed by atoms with Crippen molar-refractivity contribution in [3.8, 4) is 11.5 Å². The average Bonchev–Trinajstić information content (AvgIpc) is 2.46. The van der Waals surface area contributed by atoms with Crippen molar-refractivity contribution in [2.45, 2.75) is 6.10 Å². The first-order valence-corrected chi connectivity index (χ1v) is 6.89. The van der Waals surface area contributed by atoms with Crippen molar-refractivity contribution in [3.05, 3.63) is 52.5 Å². The van der Waals surface area contributed by atoms with Gasteiger partial charge in [0.05, 0.1) is 19.3 Å². The second-order valence-corrected chi connectivity index (χ2v) is 5.32. The zero-order chi connectivity index (χ0) is 13.2. The lowest BCUT2D eigenvalue weighted by Gasteiger charge is -2.28. The molecule has 0 saturated heterocycles. The molecule has 0 radical (unpaired) electrons. The normalized spacial score (nSPS) is 17.1. The maximum atomic E-state index is 6.03. The molecular formula is C15H14BrNO2. The van der Waals surface area contributed by atoms with Crippen LogP contribution in [0.5, 0.6) is 11.5 Å². The van der Waals surface area contributed by atoms with Crippen LogP contribution in [0.15, 0.2) is 46.9 Å². The molecule has 0 amide bonds. The maximum Gasteiger partial charge on any atom is 0.143 e. The average molecular weight is 320 g/mol. The second-order valence-electron chi connectivity index (χ2n) is 4.40. The monoisotopic (exact) mass is 319 g/mol. The Morgan fingerprint density at radius 1 is 1.26 bits per heavy atom. The summed E-state index contributed by atoms with van der Waals surface area (Å²) < 4.78 is 12.3. The van der Waals surface area contributed by atoms with Gasteiger partial charge in [0, 0.05) is 4.47 Å². The van der Waals surface area contributed by atoms with E-state index in [1.807, 2.05) is 36.4 Å². The number of benzene rings is 2. The standard InChI is InChI=1S/C15H14BrNO2/c1-18-12-4-2-3-10(7-12)15-9-17-13-8-11(16)5-6-14(13)19-15/h2-8,15,17H,9H2,1H3. The highest BCUT2D eigenvalue weighted by molar-refractivity contribution is 9.10. The minimum atomic E-state index is 0.00350. The van der Waals surface area contributed by atoms with E-state index < -0.39 is 0 Å². The van der Waals surface area contributed by atoms with Gasteiger partial charge in [0.1, 0.15) is 17.6 Å². The van der Waals surface area contributed by atoms with Crippen LogP contribution in [-0.4, -0.2) is 13.7 Å². The molecule has 4 heteroatoms. The minimum Gasteiger partial charge on any atom is -0.497 e. The third-order valence-electron chi connectivity index (χ3n) is 3.15. The Hall–Kier alpha value is -1.68. The van der Waals surface area contributed by atoms with Gasteiger partial charge in [-0.05, 0) is 35.9 Å². The summed E-state index contributed by atoms with van der Waals surface area (Å²) in [5, 5.41) is 3.39. The van der Waals surface area contributed by atoms with Gasteiger partial charge in [-0.3, -0.25) is 0 Å². The van der Waals surface area contributed by atoms with Gasteiger partial charge in [-0.15, -0.1) is 0 Å². The Kier molecular flexibility index (Phi) is 3.34. The fraction of sp³-hybridized carbons (Fsp3) is 0.200. The number of nitrogens with one attached hydrogen (secondary N) is 1. The topological polar surface area (TPSA) is 30.5 Å². The predicted molar refractivity (Wildman–Crippen MR) is 79.0 cm³/mol. The predicted octanol–water partition coefficient (Wildman–Crippen LogP) is 4.00. The van der Waals surface area contributed by atoms with Crippen LogP contribution >= 0.6 is 15.9 Å². The summed E-state index contributed by atoms with van der Waals surface area (Å²) >= 11 is 3.46. The fourth-order valence-electron chi connectivity index (χ4n) is 2.17. The summed E-state index contributed by atoms with van der Waals surface area (Å²) in [5.41, 5.74) is 2.13.